The minimum Gasteiger partial charge on any atom is -0.484 e. The zero-order valence-corrected chi connectivity index (χ0v) is 16.3. The number of benzene rings is 2. The molecule has 8 heteroatoms. The van der Waals surface area contributed by atoms with Gasteiger partial charge in [0, 0.05) is 18.7 Å². The van der Waals surface area contributed by atoms with Gasteiger partial charge in [0.15, 0.2) is 6.61 Å². The lowest BCUT2D eigenvalue weighted by molar-refractivity contribution is -0.118. The van der Waals surface area contributed by atoms with Gasteiger partial charge in [0.25, 0.3) is 11.5 Å². The summed E-state index contributed by atoms with van der Waals surface area (Å²) in [6, 6.07) is 8.94. The van der Waals surface area contributed by atoms with Crippen LogP contribution in [0.5, 0.6) is 5.75 Å². The second kappa shape index (κ2) is 8.21. The summed E-state index contributed by atoms with van der Waals surface area (Å²) in [4.78, 5) is 29.6. The van der Waals surface area contributed by atoms with Crippen LogP contribution in [0.15, 0.2) is 41.2 Å². The smallest absolute Gasteiger partial charge is 0.262 e. The molecular weight excluding hydrogens is 397 g/mol. The van der Waals surface area contributed by atoms with Gasteiger partial charge >= 0.3 is 0 Å². The summed E-state index contributed by atoms with van der Waals surface area (Å²) in [6.45, 7) is 0.408. The maximum atomic E-state index is 13.2. The van der Waals surface area contributed by atoms with Crippen LogP contribution in [0, 0.1) is 5.82 Å². The number of anilines is 1. The summed E-state index contributed by atoms with van der Waals surface area (Å²) in [6.07, 6.45) is 3.89. The Balaban J connectivity index is 1.49. The molecule has 29 heavy (non-hydrogen) atoms. The minimum atomic E-state index is -0.560. The van der Waals surface area contributed by atoms with Crippen LogP contribution in [0.3, 0.4) is 0 Å². The molecule has 0 saturated carbocycles. The van der Waals surface area contributed by atoms with Crippen LogP contribution in [-0.2, 0) is 17.8 Å². The summed E-state index contributed by atoms with van der Waals surface area (Å²) in [5, 5.41) is 2.98. The molecule has 4 rings (SSSR count). The predicted molar refractivity (Wildman–Crippen MR) is 109 cm³/mol. The third-order valence-electron chi connectivity index (χ3n) is 4.86. The average Bonchev–Trinajstić information content (AvgIpc) is 2.95. The highest BCUT2D eigenvalue weighted by Crippen LogP contribution is 2.21. The van der Waals surface area contributed by atoms with E-state index in [0.29, 0.717) is 28.9 Å². The number of nitrogens with one attached hydrogen (secondary N) is 1. The molecule has 0 radical (unpaired) electrons. The Morgan fingerprint density at radius 3 is 2.90 bits per heavy atom. The Kier molecular flexibility index (Phi) is 5.49. The second-order valence-corrected chi connectivity index (χ2v) is 7.35. The number of halogens is 2. The fourth-order valence-corrected chi connectivity index (χ4v) is 3.59. The first kappa shape index (κ1) is 19.4. The van der Waals surface area contributed by atoms with Gasteiger partial charge in [0.2, 0.25) is 0 Å². The summed E-state index contributed by atoms with van der Waals surface area (Å²) in [5.74, 6) is 0.239. The van der Waals surface area contributed by atoms with Crippen molar-refractivity contribution in [2.75, 3.05) is 11.9 Å². The van der Waals surface area contributed by atoms with Gasteiger partial charge in [-0.1, -0.05) is 18.0 Å². The number of fused-ring (bicyclic) bond motifs is 2. The molecule has 1 aliphatic rings. The quantitative estimate of drug-likeness (QED) is 0.700. The van der Waals surface area contributed by atoms with E-state index < -0.39 is 11.7 Å². The van der Waals surface area contributed by atoms with Crippen molar-refractivity contribution in [3.8, 4) is 5.75 Å². The third kappa shape index (κ3) is 4.24. The van der Waals surface area contributed by atoms with Crippen LogP contribution in [0.25, 0.3) is 10.9 Å². The number of ether oxygens (including phenoxy) is 1. The molecule has 150 valence electrons. The number of rotatable bonds is 4. The molecule has 0 unspecified atom stereocenters. The molecule has 1 aliphatic heterocycles. The Labute approximate surface area is 171 Å². The Morgan fingerprint density at radius 2 is 2.07 bits per heavy atom. The molecule has 0 aliphatic carbocycles. The monoisotopic (exact) mass is 415 g/mol. The normalized spacial score (nSPS) is 13.6. The number of aryl methyl sites for hydroxylation is 1. The third-order valence-corrected chi connectivity index (χ3v) is 5.15. The van der Waals surface area contributed by atoms with E-state index in [1.165, 1.54) is 18.2 Å². The van der Waals surface area contributed by atoms with Crippen molar-refractivity contribution in [1.29, 1.82) is 0 Å². The maximum absolute atomic E-state index is 13.2. The highest BCUT2D eigenvalue weighted by Gasteiger charge is 2.14. The lowest BCUT2D eigenvalue weighted by atomic mass is 10.2. The Bertz CT molecular complexity index is 1150. The van der Waals surface area contributed by atoms with Gasteiger partial charge in [-0.05, 0) is 49.2 Å². The summed E-state index contributed by atoms with van der Waals surface area (Å²) in [7, 11) is 0. The number of carbonyl (C=O) groups excluding carboxylic acids is 1. The molecule has 3 aromatic rings. The fourth-order valence-electron chi connectivity index (χ4n) is 3.41. The van der Waals surface area contributed by atoms with Crippen LogP contribution < -0.4 is 15.6 Å². The lowest BCUT2D eigenvalue weighted by Gasteiger charge is -2.11. The molecule has 6 nitrogen and oxygen atoms in total. The van der Waals surface area contributed by atoms with Gasteiger partial charge in [-0.15, -0.1) is 0 Å². The van der Waals surface area contributed by atoms with Gasteiger partial charge in [-0.3, -0.25) is 14.2 Å². The van der Waals surface area contributed by atoms with E-state index in [-0.39, 0.29) is 17.2 Å². The highest BCUT2D eigenvalue weighted by atomic mass is 35.5. The SMILES string of the molecule is O=C(COc1ccc2nc3n(c(=O)c2c1)CCCCC3)Nc1ccc(F)c(Cl)c1. The van der Waals surface area contributed by atoms with E-state index in [1.807, 2.05) is 0 Å². The number of aromatic nitrogens is 2. The topological polar surface area (TPSA) is 73.2 Å². The van der Waals surface area contributed by atoms with Gasteiger partial charge in [0.05, 0.1) is 15.9 Å². The van der Waals surface area contributed by atoms with Crippen LogP contribution in [-0.4, -0.2) is 22.1 Å². The van der Waals surface area contributed by atoms with Crippen molar-refractivity contribution in [2.45, 2.75) is 32.2 Å². The molecular formula is C21H19ClFN3O3. The molecule has 0 saturated heterocycles. The van der Waals surface area contributed by atoms with E-state index in [4.69, 9.17) is 16.3 Å². The van der Waals surface area contributed by atoms with Crippen LogP contribution >= 0.6 is 11.6 Å². The second-order valence-electron chi connectivity index (χ2n) is 6.94. The van der Waals surface area contributed by atoms with E-state index in [9.17, 15) is 14.0 Å². The Hall–Kier alpha value is -2.93. The first-order valence-electron chi connectivity index (χ1n) is 9.42. The summed E-state index contributed by atoms with van der Waals surface area (Å²) < 4.78 is 20.5. The van der Waals surface area contributed by atoms with Crippen LogP contribution in [0.4, 0.5) is 10.1 Å². The summed E-state index contributed by atoms with van der Waals surface area (Å²) >= 11 is 5.71. The molecule has 2 heterocycles. The molecule has 1 amide bonds. The molecule has 1 aromatic heterocycles. The number of hydrogen-bond acceptors (Lipinski definition) is 4. The number of hydrogen-bond donors (Lipinski definition) is 1. The number of amides is 1. The first-order valence-corrected chi connectivity index (χ1v) is 9.80. The fraction of sp³-hybridized carbons (Fsp3) is 0.286. The van der Waals surface area contributed by atoms with Crippen molar-refractivity contribution in [2.24, 2.45) is 0 Å². The minimum absolute atomic E-state index is 0.0784. The predicted octanol–water partition coefficient (Wildman–Crippen LogP) is 3.93. The van der Waals surface area contributed by atoms with Crippen molar-refractivity contribution in [1.82, 2.24) is 9.55 Å². The highest BCUT2D eigenvalue weighted by molar-refractivity contribution is 6.31. The molecule has 0 bridgehead atoms. The van der Waals surface area contributed by atoms with Crippen LogP contribution in [0.2, 0.25) is 5.02 Å². The van der Waals surface area contributed by atoms with Crippen molar-refractivity contribution >= 4 is 34.1 Å². The first-order chi connectivity index (χ1) is 14.0. The standard InChI is InChI=1S/C21H19ClFN3O3/c22-16-10-13(5-7-17(16)23)24-20(27)12-29-14-6-8-18-15(11-14)21(28)26-9-3-1-2-4-19(26)25-18/h5-8,10-11H,1-4,9,12H2,(H,24,27). The van der Waals surface area contributed by atoms with E-state index >= 15 is 0 Å². The lowest BCUT2D eigenvalue weighted by Crippen LogP contribution is -2.24. The zero-order valence-electron chi connectivity index (χ0n) is 15.6. The van der Waals surface area contributed by atoms with Gasteiger partial charge in [-0.25, -0.2) is 9.37 Å². The Morgan fingerprint density at radius 1 is 1.21 bits per heavy atom. The molecule has 1 N–H and O–H groups in total. The average molecular weight is 416 g/mol. The van der Waals surface area contributed by atoms with E-state index in [2.05, 4.69) is 10.3 Å². The number of nitrogens with zero attached hydrogens (tertiary/aromatic N) is 2. The van der Waals surface area contributed by atoms with Crippen molar-refractivity contribution in [3.05, 3.63) is 63.4 Å². The van der Waals surface area contributed by atoms with E-state index in [1.54, 1.807) is 22.8 Å². The van der Waals surface area contributed by atoms with Crippen molar-refractivity contribution in [3.63, 3.8) is 0 Å². The number of carbonyl (C=O) groups is 1. The molecule has 0 atom stereocenters. The van der Waals surface area contributed by atoms with Crippen LogP contribution in [0.1, 0.15) is 25.1 Å². The molecule has 2 aromatic carbocycles. The van der Waals surface area contributed by atoms with Gasteiger partial charge < -0.3 is 10.1 Å². The largest absolute Gasteiger partial charge is 0.484 e. The van der Waals surface area contributed by atoms with Crippen molar-refractivity contribution < 1.29 is 13.9 Å². The zero-order chi connectivity index (χ0) is 20.4. The maximum Gasteiger partial charge on any atom is 0.262 e. The molecule has 0 spiro atoms. The van der Waals surface area contributed by atoms with E-state index in [0.717, 1.165) is 31.5 Å². The van der Waals surface area contributed by atoms with Gasteiger partial charge in [-0.2, -0.15) is 0 Å². The van der Waals surface area contributed by atoms with Gasteiger partial charge in [0.1, 0.15) is 17.4 Å². The molecule has 0 fully saturated rings. The summed E-state index contributed by atoms with van der Waals surface area (Å²) in [5.41, 5.74) is 0.914.